The molecule has 0 aromatic heterocycles. The lowest BCUT2D eigenvalue weighted by atomic mass is 10.1. The van der Waals surface area contributed by atoms with Gasteiger partial charge in [-0.3, -0.25) is 4.79 Å². The molecule has 1 aliphatic carbocycles. The van der Waals surface area contributed by atoms with Crippen LogP contribution in [0.4, 0.5) is 0 Å². The maximum Gasteiger partial charge on any atom is 0.194 e. The van der Waals surface area contributed by atoms with Crippen molar-refractivity contribution in [3.63, 3.8) is 0 Å². The van der Waals surface area contributed by atoms with Crippen molar-refractivity contribution in [3.8, 4) is 22.6 Å². The van der Waals surface area contributed by atoms with Gasteiger partial charge in [-0.25, -0.2) is 0 Å². The van der Waals surface area contributed by atoms with Crippen LogP contribution >= 0.6 is 72.3 Å². The van der Waals surface area contributed by atoms with Crippen LogP contribution < -0.4 is 9.47 Å². The van der Waals surface area contributed by atoms with Crippen molar-refractivity contribution >= 4 is 78.1 Å². The second-order valence-corrected chi connectivity index (χ2v) is 13.8. The van der Waals surface area contributed by atoms with Gasteiger partial charge >= 0.3 is 0 Å². The topological polar surface area (TPSA) is 35.5 Å². The van der Waals surface area contributed by atoms with Gasteiger partial charge in [-0.05, 0) is 83.4 Å². The van der Waals surface area contributed by atoms with Gasteiger partial charge in [0.1, 0.15) is 11.5 Å². The van der Waals surface area contributed by atoms with Crippen LogP contribution in [0.25, 0.3) is 11.1 Å². The number of hydrogen-bond donors (Lipinski definition) is 2. The lowest BCUT2D eigenvalue weighted by Gasteiger charge is -2.08. The van der Waals surface area contributed by atoms with Crippen LogP contribution in [0.5, 0.6) is 11.5 Å². The predicted molar refractivity (Wildman–Crippen MR) is 173 cm³/mol. The summed E-state index contributed by atoms with van der Waals surface area (Å²) in [6.45, 7) is 1.34. The van der Waals surface area contributed by atoms with E-state index in [4.69, 9.17) is 9.47 Å². The molecule has 1 aliphatic rings. The number of carbonyl (C=O) groups excluding carboxylic acids is 1. The van der Waals surface area contributed by atoms with Crippen molar-refractivity contribution in [1.82, 2.24) is 0 Å². The Balaban J connectivity index is 1.39. The van der Waals surface area contributed by atoms with Gasteiger partial charge in [0.15, 0.2) is 5.78 Å². The van der Waals surface area contributed by atoms with Crippen LogP contribution in [-0.4, -0.2) is 76.5 Å². The quantitative estimate of drug-likeness (QED) is 0.105. The average molecular weight is 601 g/mol. The Hall–Kier alpha value is -0.190. The predicted octanol–water partition coefficient (Wildman–Crippen LogP) is 7.23. The summed E-state index contributed by atoms with van der Waals surface area (Å²) in [7, 11) is 0. The fourth-order valence-electron chi connectivity index (χ4n) is 3.69. The van der Waals surface area contributed by atoms with Crippen LogP contribution in [0.3, 0.4) is 0 Å². The highest BCUT2D eigenvalue weighted by Gasteiger charge is 2.27. The van der Waals surface area contributed by atoms with Gasteiger partial charge in [0.05, 0.1) is 13.2 Å². The standard InChI is InChI=1S/C27H36O3S6/c28-27-25-19-21(29-7-1-11-33-15-17-35-13-9-31)3-5-23(25)24-6-4-22(20-26(24)27)30-8-2-12-34-16-18-36-14-10-32/h3-6,19-20,31-32H,1-2,7-18H2. The lowest BCUT2D eigenvalue weighted by molar-refractivity contribution is 0.104. The minimum atomic E-state index is 0.0550. The van der Waals surface area contributed by atoms with Gasteiger partial charge in [-0.1, -0.05) is 0 Å². The molecule has 36 heavy (non-hydrogen) atoms. The van der Waals surface area contributed by atoms with Gasteiger partial charge in [-0.2, -0.15) is 72.3 Å². The summed E-state index contributed by atoms with van der Waals surface area (Å²) >= 11 is 16.3. The first-order valence-corrected chi connectivity index (χ1v) is 18.2. The minimum absolute atomic E-state index is 0.0550. The molecule has 0 spiro atoms. The molecule has 0 radical (unpaired) electrons. The van der Waals surface area contributed by atoms with E-state index in [1.165, 1.54) is 23.0 Å². The van der Waals surface area contributed by atoms with E-state index in [1.54, 1.807) is 0 Å². The highest BCUT2D eigenvalue weighted by Crippen LogP contribution is 2.40. The van der Waals surface area contributed by atoms with E-state index in [-0.39, 0.29) is 5.78 Å². The number of thiol groups is 2. The van der Waals surface area contributed by atoms with Gasteiger partial charge in [0.2, 0.25) is 0 Å². The van der Waals surface area contributed by atoms with Crippen LogP contribution in [0, 0.1) is 0 Å². The molecule has 0 N–H and O–H groups in total. The molecule has 198 valence electrons. The number of rotatable bonds is 20. The Morgan fingerprint density at radius 1 is 0.556 bits per heavy atom. The Labute approximate surface area is 244 Å². The highest BCUT2D eigenvalue weighted by molar-refractivity contribution is 8.03. The normalized spacial score (nSPS) is 12.0. The van der Waals surface area contributed by atoms with Crippen molar-refractivity contribution < 1.29 is 14.3 Å². The van der Waals surface area contributed by atoms with Crippen molar-refractivity contribution in [1.29, 1.82) is 0 Å². The van der Waals surface area contributed by atoms with Crippen LogP contribution in [-0.2, 0) is 0 Å². The molecule has 3 nitrogen and oxygen atoms in total. The highest BCUT2D eigenvalue weighted by atomic mass is 32.2. The van der Waals surface area contributed by atoms with Crippen LogP contribution in [0.2, 0.25) is 0 Å². The first-order chi connectivity index (χ1) is 17.7. The largest absolute Gasteiger partial charge is 0.494 e. The number of ether oxygens (including phenoxy) is 2. The van der Waals surface area contributed by atoms with Gasteiger partial charge in [-0.15, -0.1) is 0 Å². The van der Waals surface area contributed by atoms with E-state index in [1.807, 2.05) is 83.4 Å². The van der Waals surface area contributed by atoms with Crippen molar-refractivity contribution in [2.75, 3.05) is 70.7 Å². The summed E-state index contributed by atoms with van der Waals surface area (Å²) in [5, 5.41) is 0. The molecule has 2 aromatic rings. The molecule has 0 fully saturated rings. The van der Waals surface area contributed by atoms with Crippen molar-refractivity contribution in [3.05, 3.63) is 47.5 Å². The number of ketones is 1. The maximum absolute atomic E-state index is 13.1. The Morgan fingerprint density at radius 2 is 0.972 bits per heavy atom. The van der Waals surface area contributed by atoms with E-state index in [0.717, 1.165) is 81.1 Å². The molecular weight excluding hydrogens is 565 g/mol. The number of carbonyl (C=O) groups is 1. The monoisotopic (exact) mass is 600 g/mol. The van der Waals surface area contributed by atoms with Gasteiger partial charge < -0.3 is 9.47 Å². The third-order valence-corrected chi connectivity index (χ3v) is 11.1. The molecule has 2 aromatic carbocycles. The first-order valence-electron chi connectivity index (χ1n) is 12.4. The Morgan fingerprint density at radius 3 is 1.39 bits per heavy atom. The van der Waals surface area contributed by atoms with E-state index in [2.05, 4.69) is 25.3 Å². The fourth-order valence-corrected chi connectivity index (χ4v) is 8.07. The fraction of sp³-hybridized carbons (Fsp3) is 0.519. The second-order valence-electron chi connectivity index (χ2n) is 8.04. The number of benzene rings is 2. The minimum Gasteiger partial charge on any atom is -0.494 e. The van der Waals surface area contributed by atoms with Crippen LogP contribution in [0.15, 0.2) is 36.4 Å². The molecule has 0 bridgehead atoms. The molecule has 0 saturated carbocycles. The summed E-state index contributed by atoms with van der Waals surface area (Å²) in [6.07, 6.45) is 2.00. The first kappa shape index (κ1) is 30.4. The van der Waals surface area contributed by atoms with E-state index in [0.29, 0.717) is 13.2 Å². The summed E-state index contributed by atoms with van der Waals surface area (Å²) in [4.78, 5) is 13.1. The summed E-state index contributed by atoms with van der Waals surface area (Å²) in [5.41, 5.74) is 3.41. The summed E-state index contributed by atoms with van der Waals surface area (Å²) < 4.78 is 11.9. The van der Waals surface area contributed by atoms with Gasteiger partial charge in [0, 0.05) is 45.6 Å². The number of thioether (sulfide) groups is 4. The molecule has 0 heterocycles. The van der Waals surface area contributed by atoms with Crippen molar-refractivity contribution in [2.24, 2.45) is 0 Å². The van der Waals surface area contributed by atoms with E-state index < -0.39 is 0 Å². The number of fused-ring (bicyclic) bond motifs is 3. The molecule has 0 aliphatic heterocycles. The molecule has 0 saturated heterocycles. The van der Waals surface area contributed by atoms with E-state index >= 15 is 0 Å². The van der Waals surface area contributed by atoms with E-state index in [9.17, 15) is 4.79 Å². The third kappa shape index (κ3) is 10.2. The zero-order valence-electron chi connectivity index (χ0n) is 20.6. The molecule has 0 atom stereocenters. The smallest absolute Gasteiger partial charge is 0.194 e. The van der Waals surface area contributed by atoms with Gasteiger partial charge in [0.25, 0.3) is 0 Å². The zero-order chi connectivity index (χ0) is 25.4. The third-order valence-electron chi connectivity index (χ3n) is 5.38. The SMILES string of the molecule is O=C1c2cc(OCCCSCCSCCS)ccc2-c2ccc(OCCCSCCSCCS)cc21. The van der Waals surface area contributed by atoms with Crippen molar-refractivity contribution in [2.45, 2.75) is 12.8 Å². The summed E-state index contributed by atoms with van der Waals surface area (Å²) in [6, 6.07) is 11.8. The molecule has 0 amide bonds. The Bertz CT molecular complexity index is 866. The molecule has 3 rings (SSSR count). The zero-order valence-corrected chi connectivity index (χ0v) is 25.7. The molecule has 9 heteroatoms. The summed E-state index contributed by atoms with van der Waals surface area (Å²) in [5.74, 6) is 12.6. The second kappa shape index (κ2) is 18.2. The van der Waals surface area contributed by atoms with Crippen LogP contribution in [0.1, 0.15) is 28.8 Å². The molecular formula is C27H36O3S6. The average Bonchev–Trinajstić information content (AvgIpc) is 3.17. The lowest BCUT2D eigenvalue weighted by Crippen LogP contribution is -2.02. The number of hydrogen-bond acceptors (Lipinski definition) is 9. The Kier molecular flexibility index (Phi) is 15.3. The maximum atomic E-state index is 13.1. The molecule has 0 unspecified atom stereocenters.